The summed E-state index contributed by atoms with van der Waals surface area (Å²) in [5.74, 6) is -0.166. The van der Waals surface area contributed by atoms with Crippen molar-refractivity contribution in [3.05, 3.63) is 34.9 Å². The zero-order valence-electron chi connectivity index (χ0n) is 15.2. The van der Waals surface area contributed by atoms with E-state index in [-0.39, 0.29) is 17.7 Å². The Morgan fingerprint density at radius 1 is 1.25 bits per heavy atom. The lowest BCUT2D eigenvalue weighted by molar-refractivity contribution is -0.127. The van der Waals surface area contributed by atoms with Crippen LogP contribution in [0.5, 0.6) is 0 Å². The third-order valence-corrected chi connectivity index (χ3v) is 4.52. The maximum atomic E-state index is 12.8. The zero-order valence-corrected chi connectivity index (χ0v) is 15.2. The fraction of sp³-hybridized carbons (Fsp3) is 0.579. The van der Waals surface area contributed by atoms with Gasteiger partial charge in [-0.1, -0.05) is 17.2 Å². The lowest BCUT2D eigenvalue weighted by Gasteiger charge is -2.34. The highest BCUT2D eigenvalue weighted by Crippen LogP contribution is 2.20. The summed E-state index contributed by atoms with van der Waals surface area (Å²) in [7, 11) is 0. The molecule has 3 N–H and O–H groups in total. The van der Waals surface area contributed by atoms with E-state index in [2.05, 4.69) is 11.4 Å². The largest absolute Gasteiger partial charge is 0.350 e. The van der Waals surface area contributed by atoms with Gasteiger partial charge in [-0.05, 0) is 52.7 Å². The van der Waals surface area contributed by atoms with Crippen LogP contribution in [-0.4, -0.2) is 41.9 Å². The Morgan fingerprint density at radius 3 is 2.46 bits per heavy atom. The standard InChI is InChI=1S/C19H29N3O2/c1-13-8-14(2)10-16(9-13)18(24)22-7-5-6-15(11-22)17(23)21-19(3,4)12-20/h8-10,15H,5-7,11-12,20H2,1-4H3,(H,21,23). The van der Waals surface area contributed by atoms with Crippen molar-refractivity contribution >= 4 is 11.8 Å². The van der Waals surface area contributed by atoms with Crippen LogP contribution in [-0.2, 0) is 4.79 Å². The molecule has 1 heterocycles. The number of likely N-dealkylation sites (tertiary alicyclic amines) is 1. The number of amides is 2. The predicted octanol–water partition coefficient (Wildman–Crippen LogP) is 2.01. The summed E-state index contributed by atoms with van der Waals surface area (Å²) < 4.78 is 0. The van der Waals surface area contributed by atoms with Crippen molar-refractivity contribution in [2.45, 2.75) is 46.1 Å². The number of nitrogens with zero attached hydrogens (tertiary/aromatic N) is 1. The van der Waals surface area contributed by atoms with E-state index in [0.29, 0.717) is 25.2 Å². The summed E-state index contributed by atoms with van der Waals surface area (Å²) in [4.78, 5) is 27.1. The van der Waals surface area contributed by atoms with E-state index >= 15 is 0 Å². The fourth-order valence-corrected chi connectivity index (χ4v) is 3.14. The molecule has 0 radical (unpaired) electrons. The van der Waals surface area contributed by atoms with Gasteiger partial charge in [-0.2, -0.15) is 0 Å². The fourth-order valence-electron chi connectivity index (χ4n) is 3.14. The minimum atomic E-state index is -0.420. The summed E-state index contributed by atoms with van der Waals surface area (Å²) in [6.07, 6.45) is 1.65. The van der Waals surface area contributed by atoms with Gasteiger partial charge in [0.1, 0.15) is 0 Å². The summed E-state index contributed by atoms with van der Waals surface area (Å²) in [6, 6.07) is 5.88. The van der Waals surface area contributed by atoms with Crippen molar-refractivity contribution in [2.75, 3.05) is 19.6 Å². The van der Waals surface area contributed by atoms with Crippen molar-refractivity contribution in [3.63, 3.8) is 0 Å². The van der Waals surface area contributed by atoms with Crippen LogP contribution in [0.1, 0.15) is 48.2 Å². The number of aryl methyl sites for hydroxylation is 2. The molecule has 1 saturated heterocycles. The van der Waals surface area contributed by atoms with E-state index < -0.39 is 5.54 Å². The van der Waals surface area contributed by atoms with Gasteiger partial charge in [-0.15, -0.1) is 0 Å². The van der Waals surface area contributed by atoms with E-state index in [0.717, 1.165) is 24.0 Å². The first kappa shape index (κ1) is 18.5. The predicted molar refractivity (Wildman–Crippen MR) is 95.8 cm³/mol. The molecule has 0 spiro atoms. The highest BCUT2D eigenvalue weighted by Gasteiger charge is 2.31. The SMILES string of the molecule is Cc1cc(C)cc(C(=O)N2CCCC(C(=O)NC(C)(C)CN)C2)c1. The molecule has 0 bridgehead atoms. The topological polar surface area (TPSA) is 75.4 Å². The second-order valence-corrected chi connectivity index (χ2v) is 7.54. The minimum absolute atomic E-state index is 0.0108. The molecule has 132 valence electrons. The number of hydrogen-bond donors (Lipinski definition) is 2. The van der Waals surface area contributed by atoms with Crippen molar-refractivity contribution in [3.8, 4) is 0 Å². The van der Waals surface area contributed by atoms with Gasteiger partial charge < -0.3 is 16.0 Å². The van der Waals surface area contributed by atoms with Gasteiger partial charge in [0.05, 0.1) is 5.92 Å². The highest BCUT2D eigenvalue weighted by molar-refractivity contribution is 5.95. The average molecular weight is 331 g/mol. The summed E-state index contributed by atoms with van der Waals surface area (Å²) >= 11 is 0. The van der Waals surface area contributed by atoms with Crippen LogP contribution in [0.4, 0.5) is 0 Å². The van der Waals surface area contributed by atoms with Crippen LogP contribution in [0, 0.1) is 19.8 Å². The Balaban J connectivity index is 2.07. The van der Waals surface area contributed by atoms with Crippen molar-refractivity contribution in [1.82, 2.24) is 10.2 Å². The van der Waals surface area contributed by atoms with Crippen LogP contribution >= 0.6 is 0 Å². The van der Waals surface area contributed by atoms with Gasteiger partial charge in [0, 0.05) is 30.7 Å². The Kier molecular flexibility index (Phi) is 5.65. The van der Waals surface area contributed by atoms with E-state index in [9.17, 15) is 9.59 Å². The number of carbonyl (C=O) groups is 2. The number of piperidine rings is 1. The van der Waals surface area contributed by atoms with Gasteiger partial charge in [-0.25, -0.2) is 0 Å². The molecule has 2 amide bonds. The molecule has 1 aromatic rings. The maximum absolute atomic E-state index is 12.8. The second-order valence-electron chi connectivity index (χ2n) is 7.54. The molecular weight excluding hydrogens is 302 g/mol. The molecule has 1 fully saturated rings. The van der Waals surface area contributed by atoms with Crippen molar-refractivity contribution in [1.29, 1.82) is 0 Å². The third-order valence-electron chi connectivity index (χ3n) is 4.52. The van der Waals surface area contributed by atoms with Crippen LogP contribution in [0.25, 0.3) is 0 Å². The Bertz CT molecular complexity index is 605. The van der Waals surface area contributed by atoms with Crippen LogP contribution < -0.4 is 11.1 Å². The first-order valence-corrected chi connectivity index (χ1v) is 8.61. The smallest absolute Gasteiger partial charge is 0.253 e. The van der Waals surface area contributed by atoms with Gasteiger partial charge in [0.15, 0.2) is 0 Å². The van der Waals surface area contributed by atoms with Gasteiger partial charge in [-0.3, -0.25) is 9.59 Å². The average Bonchev–Trinajstić information content (AvgIpc) is 2.53. The molecule has 5 heteroatoms. The number of carbonyl (C=O) groups excluding carboxylic acids is 2. The van der Waals surface area contributed by atoms with E-state index in [4.69, 9.17) is 5.73 Å². The zero-order chi connectivity index (χ0) is 17.9. The Hall–Kier alpha value is -1.88. The highest BCUT2D eigenvalue weighted by atomic mass is 16.2. The molecule has 24 heavy (non-hydrogen) atoms. The summed E-state index contributed by atoms with van der Waals surface area (Å²) in [5.41, 5.74) is 8.13. The van der Waals surface area contributed by atoms with Crippen LogP contribution in [0.3, 0.4) is 0 Å². The molecule has 1 unspecified atom stereocenters. The number of benzene rings is 1. The molecule has 1 aliphatic rings. The first-order valence-electron chi connectivity index (χ1n) is 8.61. The molecule has 0 saturated carbocycles. The Morgan fingerprint density at radius 2 is 1.88 bits per heavy atom. The number of rotatable bonds is 4. The summed E-state index contributed by atoms with van der Waals surface area (Å²) in [5, 5.41) is 2.99. The molecule has 5 nitrogen and oxygen atoms in total. The molecule has 0 aliphatic carbocycles. The lowest BCUT2D eigenvalue weighted by atomic mass is 9.94. The van der Waals surface area contributed by atoms with Crippen LogP contribution in [0.15, 0.2) is 18.2 Å². The molecule has 1 aliphatic heterocycles. The maximum Gasteiger partial charge on any atom is 0.253 e. The molecular formula is C19H29N3O2. The molecule has 1 aromatic carbocycles. The molecule has 0 aromatic heterocycles. The first-order chi connectivity index (χ1) is 11.2. The number of nitrogens with one attached hydrogen (secondary N) is 1. The molecule has 1 atom stereocenters. The number of hydrogen-bond acceptors (Lipinski definition) is 3. The van der Waals surface area contributed by atoms with Gasteiger partial charge in [0.2, 0.25) is 5.91 Å². The lowest BCUT2D eigenvalue weighted by Crippen LogP contribution is -2.53. The Labute approximate surface area is 144 Å². The molecule has 2 rings (SSSR count). The van der Waals surface area contributed by atoms with E-state index in [1.807, 2.05) is 39.8 Å². The quantitative estimate of drug-likeness (QED) is 0.886. The van der Waals surface area contributed by atoms with Gasteiger partial charge >= 0.3 is 0 Å². The van der Waals surface area contributed by atoms with Crippen LogP contribution in [0.2, 0.25) is 0 Å². The minimum Gasteiger partial charge on any atom is -0.350 e. The number of nitrogens with two attached hydrogens (primary N) is 1. The van der Waals surface area contributed by atoms with Gasteiger partial charge in [0.25, 0.3) is 5.91 Å². The monoisotopic (exact) mass is 331 g/mol. The second kappa shape index (κ2) is 7.34. The van der Waals surface area contributed by atoms with Crippen molar-refractivity contribution in [2.24, 2.45) is 11.7 Å². The van der Waals surface area contributed by atoms with E-state index in [1.54, 1.807) is 4.90 Å². The van der Waals surface area contributed by atoms with E-state index in [1.165, 1.54) is 0 Å². The summed E-state index contributed by atoms with van der Waals surface area (Å²) in [6.45, 7) is 9.36. The van der Waals surface area contributed by atoms with Crippen molar-refractivity contribution < 1.29 is 9.59 Å². The normalized spacial score (nSPS) is 18.4. The third kappa shape index (κ3) is 4.57.